The number of piperidine rings is 1. The maximum atomic E-state index is 10.2. The first kappa shape index (κ1) is 18.6. The molecule has 0 bridgehead atoms. The van der Waals surface area contributed by atoms with Crippen LogP contribution < -0.4 is 5.32 Å². The largest absolute Gasteiger partial charge is 0.389 e. The summed E-state index contributed by atoms with van der Waals surface area (Å²) in [6.45, 7) is 6.72. The van der Waals surface area contributed by atoms with Gasteiger partial charge in [-0.3, -0.25) is 0 Å². The Morgan fingerprint density at radius 2 is 2.16 bits per heavy atom. The molecule has 1 aromatic rings. The van der Waals surface area contributed by atoms with Crippen molar-refractivity contribution in [1.82, 2.24) is 4.90 Å². The minimum Gasteiger partial charge on any atom is -0.389 e. The predicted octanol–water partition coefficient (Wildman–Crippen LogP) is 2.43. The molecular weight excluding hydrogens is 316 g/mol. The topological polar surface area (TPSA) is 54.0 Å². The monoisotopic (exact) mass is 348 g/mol. The molecule has 0 spiro atoms. The van der Waals surface area contributed by atoms with Crippen molar-refractivity contribution in [2.24, 2.45) is 0 Å². The summed E-state index contributed by atoms with van der Waals surface area (Å²) in [7, 11) is 0. The third kappa shape index (κ3) is 6.26. The minimum atomic E-state index is -0.414. The summed E-state index contributed by atoms with van der Waals surface area (Å²) >= 11 is 0. The number of aliphatic hydroxyl groups is 1. The van der Waals surface area contributed by atoms with E-state index in [1.165, 1.54) is 11.3 Å². The Balaban J connectivity index is 1.30. The number of hydrogen-bond donors (Lipinski definition) is 2. The van der Waals surface area contributed by atoms with E-state index >= 15 is 0 Å². The normalized spacial score (nSPS) is 23.7. The van der Waals surface area contributed by atoms with Crippen molar-refractivity contribution >= 4 is 5.69 Å². The van der Waals surface area contributed by atoms with Gasteiger partial charge >= 0.3 is 0 Å². The molecule has 0 aromatic heterocycles. The zero-order valence-electron chi connectivity index (χ0n) is 15.3. The number of ether oxygens (including phenoxy) is 2. The number of β-amino-alcohol motifs (C(OH)–C–C–N with tert-alkyl or cyclic N) is 1. The fourth-order valence-corrected chi connectivity index (χ4v) is 3.69. The summed E-state index contributed by atoms with van der Waals surface area (Å²) in [6.07, 6.45) is 4.24. The number of likely N-dealkylation sites (tertiary alicyclic amines) is 1. The fraction of sp³-hybridized carbons (Fsp3) is 0.700. The maximum absolute atomic E-state index is 10.2. The van der Waals surface area contributed by atoms with Gasteiger partial charge in [0.1, 0.15) is 0 Å². The first-order valence-electron chi connectivity index (χ1n) is 9.62. The average molecular weight is 348 g/mol. The summed E-state index contributed by atoms with van der Waals surface area (Å²) in [5.74, 6) is 0. The molecule has 2 aliphatic heterocycles. The molecule has 2 N–H and O–H groups in total. The number of rotatable bonds is 8. The van der Waals surface area contributed by atoms with Gasteiger partial charge in [0.2, 0.25) is 0 Å². The van der Waals surface area contributed by atoms with Crippen LogP contribution in [-0.4, -0.2) is 67.7 Å². The van der Waals surface area contributed by atoms with Crippen molar-refractivity contribution in [2.75, 3.05) is 44.8 Å². The van der Waals surface area contributed by atoms with Gasteiger partial charge in [-0.2, -0.15) is 0 Å². The van der Waals surface area contributed by atoms with Gasteiger partial charge < -0.3 is 24.8 Å². The maximum Gasteiger partial charge on any atom is 0.0900 e. The Hall–Kier alpha value is -1.14. The third-order valence-corrected chi connectivity index (χ3v) is 5.08. The lowest BCUT2D eigenvalue weighted by Crippen LogP contribution is -2.43. The van der Waals surface area contributed by atoms with E-state index in [2.05, 4.69) is 41.4 Å². The standard InChI is InChI=1S/C20H32N2O3/c1-16-4-2-5-18(12-16)21-17-7-9-22(10-8-17)13-19(23)14-24-15-20-6-3-11-25-20/h2,4-5,12,17,19-21,23H,3,6-11,13-15H2,1H3/t19-,20-/m0/s1. The van der Waals surface area contributed by atoms with E-state index in [1.807, 2.05) is 0 Å². The van der Waals surface area contributed by atoms with Crippen molar-refractivity contribution in [3.8, 4) is 0 Å². The van der Waals surface area contributed by atoms with Gasteiger partial charge in [0.15, 0.2) is 0 Å². The molecule has 140 valence electrons. The lowest BCUT2D eigenvalue weighted by Gasteiger charge is -2.34. The Labute approximate surface area is 151 Å². The number of benzene rings is 1. The average Bonchev–Trinajstić information content (AvgIpc) is 3.10. The summed E-state index contributed by atoms with van der Waals surface area (Å²) in [5, 5.41) is 13.8. The lowest BCUT2D eigenvalue weighted by molar-refractivity contribution is -0.0265. The van der Waals surface area contributed by atoms with E-state index in [-0.39, 0.29) is 6.10 Å². The van der Waals surface area contributed by atoms with Gasteiger partial charge in [-0.1, -0.05) is 12.1 Å². The Morgan fingerprint density at radius 1 is 1.32 bits per heavy atom. The molecule has 2 atom stereocenters. The van der Waals surface area contributed by atoms with Crippen LogP contribution in [0, 0.1) is 6.92 Å². The van der Waals surface area contributed by atoms with Crippen molar-refractivity contribution in [3.05, 3.63) is 29.8 Å². The molecule has 2 fully saturated rings. The summed E-state index contributed by atoms with van der Waals surface area (Å²) in [5.41, 5.74) is 2.49. The third-order valence-electron chi connectivity index (χ3n) is 5.08. The molecule has 3 rings (SSSR count). The molecule has 0 saturated carbocycles. The first-order valence-corrected chi connectivity index (χ1v) is 9.62. The Bertz CT molecular complexity index is 511. The number of hydrogen-bond acceptors (Lipinski definition) is 5. The summed E-state index contributed by atoms with van der Waals surface area (Å²) < 4.78 is 11.1. The van der Waals surface area contributed by atoms with Gasteiger partial charge in [0.25, 0.3) is 0 Å². The van der Waals surface area contributed by atoms with E-state index < -0.39 is 6.10 Å². The lowest BCUT2D eigenvalue weighted by atomic mass is 10.0. The zero-order chi connectivity index (χ0) is 17.5. The molecule has 0 radical (unpaired) electrons. The Morgan fingerprint density at radius 3 is 2.88 bits per heavy atom. The highest BCUT2D eigenvalue weighted by molar-refractivity contribution is 5.46. The van der Waals surface area contributed by atoms with E-state index in [0.717, 1.165) is 45.4 Å². The minimum absolute atomic E-state index is 0.232. The predicted molar refractivity (Wildman–Crippen MR) is 100 cm³/mol. The molecule has 25 heavy (non-hydrogen) atoms. The van der Waals surface area contributed by atoms with E-state index in [0.29, 0.717) is 25.8 Å². The van der Waals surface area contributed by atoms with E-state index in [4.69, 9.17) is 9.47 Å². The number of nitrogens with one attached hydrogen (secondary N) is 1. The molecule has 5 heteroatoms. The quantitative estimate of drug-likeness (QED) is 0.756. The van der Waals surface area contributed by atoms with Crippen molar-refractivity contribution in [3.63, 3.8) is 0 Å². The van der Waals surface area contributed by atoms with Gasteiger partial charge in [0.05, 0.1) is 25.4 Å². The Kier molecular flexibility index (Phi) is 7.11. The van der Waals surface area contributed by atoms with Gasteiger partial charge in [-0.05, 0) is 50.3 Å². The highest BCUT2D eigenvalue weighted by Crippen LogP contribution is 2.18. The summed E-state index contributed by atoms with van der Waals surface area (Å²) in [4.78, 5) is 2.34. The molecule has 1 aromatic carbocycles. The first-order chi connectivity index (χ1) is 12.2. The summed E-state index contributed by atoms with van der Waals surface area (Å²) in [6, 6.07) is 9.07. The molecule has 2 heterocycles. The number of anilines is 1. The zero-order valence-corrected chi connectivity index (χ0v) is 15.3. The van der Waals surface area contributed by atoms with Crippen LogP contribution >= 0.6 is 0 Å². The second-order valence-corrected chi connectivity index (χ2v) is 7.42. The number of aliphatic hydroxyl groups excluding tert-OH is 1. The van der Waals surface area contributed by atoms with Crippen LogP contribution in [-0.2, 0) is 9.47 Å². The van der Waals surface area contributed by atoms with Crippen LogP contribution in [0.25, 0.3) is 0 Å². The van der Waals surface area contributed by atoms with Gasteiger partial charge in [-0.25, -0.2) is 0 Å². The number of aryl methyl sites for hydroxylation is 1. The van der Waals surface area contributed by atoms with E-state index in [9.17, 15) is 5.11 Å². The van der Waals surface area contributed by atoms with Crippen molar-refractivity contribution in [1.29, 1.82) is 0 Å². The molecular formula is C20H32N2O3. The van der Waals surface area contributed by atoms with Gasteiger partial charge in [-0.15, -0.1) is 0 Å². The SMILES string of the molecule is Cc1cccc(NC2CCN(C[C@H](O)COC[C@@H]3CCCO3)CC2)c1. The molecule has 0 aliphatic carbocycles. The molecule has 2 saturated heterocycles. The smallest absolute Gasteiger partial charge is 0.0900 e. The van der Waals surface area contributed by atoms with Crippen molar-refractivity contribution < 1.29 is 14.6 Å². The molecule has 0 unspecified atom stereocenters. The second-order valence-electron chi connectivity index (χ2n) is 7.42. The number of nitrogens with zero attached hydrogens (tertiary/aromatic N) is 1. The van der Waals surface area contributed by atoms with Crippen LogP contribution in [0.5, 0.6) is 0 Å². The molecule has 0 amide bonds. The van der Waals surface area contributed by atoms with E-state index in [1.54, 1.807) is 0 Å². The fourth-order valence-electron chi connectivity index (χ4n) is 3.69. The second kappa shape index (κ2) is 9.53. The molecule has 2 aliphatic rings. The van der Waals surface area contributed by atoms with Crippen molar-refractivity contribution in [2.45, 2.75) is 50.9 Å². The highest BCUT2D eigenvalue weighted by atomic mass is 16.5. The highest BCUT2D eigenvalue weighted by Gasteiger charge is 2.21. The van der Waals surface area contributed by atoms with Gasteiger partial charge in [0, 0.05) is 38.0 Å². The van der Waals surface area contributed by atoms with Crippen LogP contribution in [0.2, 0.25) is 0 Å². The van der Waals surface area contributed by atoms with Crippen LogP contribution in [0.1, 0.15) is 31.2 Å². The van der Waals surface area contributed by atoms with Crippen LogP contribution in [0.4, 0.5) is 5.69 Å². The van der Waals surface area contributed by atoms with Crippen LogP contribution in [0.15, 0.2) is 24.3 Å². The molecule has 5 nitrogen and oxygen atoms in total. The van der Waals surface area contributed by atoms with Crippen LogP contribution in [0.3, 0.4) is 0 Å².